The van der Waals surface area contributed by atoms with Crippen LogP contribution in [0, 0.1) is 0 Å². The first-order chi connectivity index (χ1) is 9.22. The van der Waals surface area contributed by atoms with Crippen LogP contribution in [0.4, 0.5) is 0 Å². The summed E-state index contributed by atoms with van der Waals surface area (Å²) in [7, 11) is 0. The molecule has 0 aromatic carbocycles. The van der Waals surface area contributed by atoms with Crippen LogP contribution in [-0.2, 0) is 0 Å². The Kier molecular flexibility index (Phi) is 4.60. The quantitative estimate of drug-likeness (QED) is 0.781. The zero-order valence-corrected chi connectivity index (χ0v) is 11.1. The number of hydrogen-bond donors (Lipinski definition) is 2. The highest BCUT2D eigenvalue weighted by molar-refractivity contribution is 5.20. The second kappa shape index (κ2) is 6.41. The van der Waals surface area contributed by atoms with Crippen molar-refractivity contribution in [1.29, 1.82) is 0 Å². The molecule has 4 N–H and O–H groups in total. The smallest absolute Gasteiger partial charge is 0.124 e. The molecule has 4 heteroatoms. The van der Waals surface area contributed by atoms with E-state index in [1.54, 1.807) is 12.5 Å². The third kappa shape index (κ3) is 3.36. The van der Waals surface area contributed by atoms with E-state index in [2.05, 4.69) is 0 Å². The predicted octanol–water partition coefficient (Wildman–Crippen LogP) is 3.30. The normalized spacial score (nSPS) is 15.4. The van der Waals surface area contributed by atoms with Crippen LogP contribution in [0.2, 0.25) is 0 Å². The van der Waals surface area contributed by atoms with Crippen LogP contribution in [0.5, 0.6) is 0 Å². The molecule has 0 fully saturated rings. The van der Waals surface area contributed by atoms with E-state index in [1.165, 1.54) is 0 Å². The van der Waals surface area contributed by atoms with Gasteiger partial charge in [-0.2, -0.15) is 0 Å². The summed E-state index contributed by atoms with van der Waals surface area (Å²) in [6.07, 6.45) is 6.92. The van der Waals surface area contributed by atoms with Gasteiger partial charge in [0.25, 0.3) is 0 Å². The van der Waals surface area contributed by atoms with Crippen molar-refractivity contribution in [2.75, 3.05) is 0 Å². The van der Waals surface area contributed by atoms with Gasteiger partial charge in [-0.1, -0.05) is 11.6 Å². The van der Waals surface area contributed by atoms with Gasteiger partial charge < -0.3 is 20.3 Å². The summed E-state index contributed by atoms with van der Waals surface area (Å²) < 4.78 is 10.6. The van der Waals surface area contributed by atoms with Crippen molar-refractivity contribution in [3.63, 3.8) is 0 Å². The third-order valence-electron chi connectivity index (χ3n) is 3.27. The summed E-state index contributed by atoms with van der Waals surface area (Å²) in [4.78, 5) is 0. The van der Waals surface area contributed by atoms with Crippen LogP contribution in [0.25, 0.3) is 0 Å². The fourth-order valence-electron chi connectivity index (χ4n) is 2.10. The first-order valence-electron chi connectivity index (χ1n) is 6.45. The predicted molar refractivity (Wildman–Crippen MR) is 74.3 cm³/mol. The molecule has 0 amide bonds. The minimum Gasteiger partial charge on any atom is -0.468 e. The molecule has 0 saturated carbocycles. The molecule has 0 aliphatic carbocycles. The maximum Gasteiger partial charge on any atom is 0.124 e. The molecule has 2 atom stereocenters. The van der Waals surface area contributed by atoms with E-state index in [9.17, 15) is 0 Å². The van der Waals surface area contributed by atoms with Crippen LogP contribution >= 0.6 is 0 Å². The molecular formula is C15H20N2O2. The first kappa shape index (κ1) is 13.6. The average Bonchev–Trinajstić information content (AvgIpc) is 3.11. The summed E-state index contributed by atoms with van der Waals surface area (Å²) in [6.45, 7) is 1.98. The zero-order chi connectivity index (χ0) is 13.7. The van der Waals surface area contributed by atoms with Crippen LogP contribution < -0.4 is 11.5 Å². The maximum absolute atomic E-state index is 6.17. The van der Waals surface area contributed by atoms with E-state index in [4.69, 9.17) is 20.3 Å². The van der Waals surface area contributed by atoms with Gasteiger partial charge in [0.1, 0.15) is 11.5 Å². The number of rotatable bonds is 6. The Morgan fingerprint density at radius 1 is 1.16 bits per heavy atom. The molecule has 0 aliphatic rings. The first-order valence-corrected chi connectivity index (χ1v) is 6.45. The molecule has 2 aromatic rings. The molecule has 0 radical (unpaired) electrons. The minimum atomic E-state index is -0.205. The van der Waals surface area contributed by atoms with Gasteiger partial charge in [0.15, 0.2) is 0 Å². The molecular weight excluding hydrogens is 240 g/mol. The lowest BCUT2D eigenvalue weighted by Crippen LogP contribution is -2.15. The van der Waals surface area contributed by atoms with Gasteiger partial charge in [-0.05, 0) is 44.0 Å². The van der Waals surface area contributed by atoms with Crippen LogP contribution in [0.1, 0.15) is 43.4 Å². The van der Waals surface area contributed by atoms with E-state index in [0.717, 1.165) is 29.9 Å². The second-order valence-electron chi connectivity index (χ2n) is 4.52. The lowest BCUT2D eigenvalue weighted by atomic mass is 9.97. The second-order valence-corrected chi connectivity index (χ2v) is 4.52. The Morgan fingerprint density at radius 3 is 2.32 bits per heavy atom. The number of hydrogen-bond acceptors (Lipinski definition) is 4. The van der Waals surface area contributed by atoms with E-state index in [1.807, 2.05) is 37.3 Å². The Balaban J connectivity index is 1.93. The van der Waals surface area contributed by atoms with Gasteiger partial charge in [0.05, 0.1) is 24.6 Å². The van der Waals surface area contributed by atoms with Crippen molar-refractivity contribution in [2.24, 2.45) is 11.5 Å². The standard InChI is InChI=1S/C15H20N2O2/c1-2-11(15(17)14-6-4-10-19-14)7-8-12(16)13-5-3-9-18-13/h2-6,9-10,12,15H,7-8,16-17H2,1H3. The van der Waals surface area contributed by atoms with Crippen molar-refractivity contribution in [1.82, 2.24) is 0 Å². The fourth-order valence-corrected chi connectivity index (χ4v) is 2.10. The lowest BCUT2D eigenvalue weighted by Gasteiger charge is -2.15. The van der Waals surface area contributed by atoms with Gasteiger partial charge in [0.2, 0.25) is 0 Å². The third-order valence-corrected chi connectivity index (χ3v) is 3.27. The average molecular weight is 260 g/mol. The van der Waals surface area contributed by atoms with Gasteiger partial charge in [-0.3, -0.25) is 0 Å². The Hall–Kier alpha value is -1.78. The Morgan fingerprint density at radius 2 is 1.79 bits per heavy atom. The molecule has 2 aromatic heterocycles. The Bertz CT molecular complexity index is 500. The molecule has 0 bridgehead atoms. The SMILES string of the molecule is CC=C(CCC(N)c1ccco1)C(N)c1ccco1. The molecule has 2 heterocycles. The molecule has 2 unspecified atom stereocenters. The summed E-state index contributed by atoms with van der Waals surface area (Å²) in [5, 5.41) is 0. The zero-order valence-electron chi connectivity index (χ0n) is 11.1. The summed E-state index contributed by atoms with van der Waals surface area (Å²) in [5.41, 5.74) is 13.4. The molecule has 2 rings (SSSR count). The van der Waals surface area contributed by atoms with E-state index in [0.29, 0.717) is 0 Å². The van der Waals surface area contributed by atoms with Gasteiger partial charge >= 0.3 is 0 Å². The number of allylic oxidation sites excluding steroid dienone is 1. The van der Waals surface area contributed by atoms with Crippen LogP contribution in [-0.4, -0.2) is 0 Å². The van der Waals surface area contributed by atoms with E-state index < -0.39 is 0 Å². The Labute approximate surface area is 113 Å². The minimum absolute atomic E-state index is 0.103. The highest BCUT2D eigenvalue weighted by Gasteiger charge is 2.16. The molecule has 19 heavy (non-hydrogen) atoms. The highest BCUT2D eigenvalue weighted by atomic mass is 16.3. The van der Waals surface area contributed by atoms with Crippen molar-refractivity contribution < 1.29 is 8.83 Å². The summed E-state index contributed by atoms with van der Waals surface area (Å²) in [5.74, 6) is 1.58. The largest absolute Gasteiger partial charge is 0.468 e. The molecule has 4 nitrogen and oxygen atoms in total. The number of furan rings is 2. The van der Waals surface area contributed by atoms with Crippen molar-refractivity contribution in [3.05, 3.63) is 60.0 Å². The molecule has 0 spiro atoms. The molecule has 0 aliphatic heterocycles. The maximum atomic E-state index is 6.17. The van der Waals surface area contributed by atoms with Gasteiger partial charge in [0, 0.05) is 0 Å². The van der Waals surface area contributed by atoms with Crippen LogP contribution in [0.3, 0.4) is 0 Å². The van der Waals surface area contributed by atoms with Crippen molar-refractivity contribution in [2.45, 2.75) is 31.8 Å². The number of nitrogens with two attached hydrogens (primary N) is 2. The van der Waals surface area contributed by atoms with E-state index >= 15 is 0 Å². The monoisotopic (exact) mass is 260 g/mol. The van der Waals surface area contributed by atoms with Crippen LogP contribution in [0.15, 0.2) is 57.3 Å². The van der Waals surface area contributed by atoms with Gasteiger partial charge in [-0.15, -0.1) is 0 Å². The lowest BCUT2D eigenvalue weighted by molar-refractivity contribution is 0.444. The summed E-state index contributed by atoms with van der Waals surface area (Å²) >= 11 is 0. The molecule has 0 saturated heterocycles. The topological polar surface area (TPSA) is 78.3 Å². The van der Waals surface area contributed by atoms with E-state index in [-0.39, 0.29) is 12.1 Å². The fraction of sp³-hybridized carbons (Fsp3) is 0.333. The highest BCUT2D eigenvalue weighted by Crippen LogP contribution is 2.26. The molecule has 102 valence electrons. The van der Waals surface area contributed by atoms with Crippen molar-refractivity contribution >= 4 is 0 Å². The van der Waals surface area contributed by atoms with Gasteiger partial charge in [-0.25, -0.2) is 0 Å². The summed E-state index contributed by atoms with van der Waals surface area (Å²) in [6, 6.07) is 7.17. The van der Waals surface area contributed by atoms with Crippen molar-refractivity contribution in [3.8, 4) is 0 Å².